The highest BCUT2D eigenvalue weighted by Gasteiger charge is 2.27. The third-order valence-electron chi connectivity index (χ3n) is 4.37. The van der Waals surface area contributed by atoms with Crippen molar-refractivity contribution in [2.24, 2.45) is 0 Å². The zero-order chi connectivity index (χ0) is 20.6. The summed E-state index contributed by atoms with van der Waals surface area (Å²) in [6.07, 6.45) is 0.635. The molecule has 0 spiro atoms. The van der Waals surface area contributed by atoms with Crippen molar-refractivity contribution < 1.29 is 14.3 Å². The van der Waals surface area contributed by atoms with Gasteiger partial charge in [-0.15, -0.1) is 11.3 Å². The summed E-state index contributed by atoms with van der Waals surface area (Å²) in [7, 11) is 3.16. The van der Waals surface area contributed by atoms with Crippen LogP contribution >= 0.6 is 11.3 Å². The number of carbonyl (C=O) groups is 1. The van der Waals surface area contributed by atoms with Gasteiger partial charge in [-0.2, -0.15) is 0 Å². The normalized spacial score (nSPS) is 12.1. The van der Waals surface area contributed by atoms with Crippen LogP contribution in [0.25, 0.3) is 0 Å². The van der Waals surface area contributed by atoms with Gasteiger partial charge in [-0.05, 0) is 25.5 Å². The summed E-state index contributed by atoms with van der Waals surface area (Å²) < 4.78 is 5.61. The van der Waals surface area contributed by atoms with E-state index < -0.39 is 10.9 Å². The number of nitrogens with zero attached hydrogens (tertiary/aromatic N) is 1. The minimum absolute atomic E-state index is 0.0590. The average molecular weight is 403 g/mol. The molecule has 1 aromatic carbocycles. The number of rotatable bonds is 7. The van der Waals surface area contributed by atoms with Gasteiger partial charge in [-0.3, -0.25) is 14.4 Å². The predicted octanol–water partition coefficient (Wildman–Crippen LogP) is 2.96. The molecule has 9 heteroatoms. The lowest BCUT2D eigenvalue weighted by Crippen LogP contribution is -2.37. The van der Waals surface area contributed by atoms with Gasteiger partial charge in [0.1, 0.15) is 27.8 Å². The molecular weight excluding hydrogens is 382 g/mol. The van der Waals surface area contributed by atoms with E-state index in [-0.39, 0.29) is 39.6 Å². The number of nitrogens with one attached hydrogen (secondary N) is 2. The molecule has 1 amide bonds. The summed E-state index contributed by atoms with van der Waals surface area (Å²) in [6, 6.07) is 3.37. The van der Waals surface area contributed by atoms with Crippen LogP contribution in [-0.2, 0) is 0 Å². The topological polar surface area (TPSA) is 112 Å². The molecule has 3 N–H and O–H groups in total. The fraction of sp³-hybridized carbons (Fsp3) is 0.316. The van der Waals surface area contributed by atoms with Crippen LogP contribution in [0.1, 0.15) is 40.6 Å². The quantitative estimate of drug-likeness (QED) is 0.520. The van der Waals surface area contributed by atoms with E-state index in [1.807, 2.05) is 26.0 Å². The Morgan fingerprint density at radius 1 is 1.25 bits per heavy atom. The molecule has 3 rings (SSSR count). The summed E-state index contributed by atoms with van der Waals surface area (Å²) in [5.74, 6) is 0.811. The van der Waals surface area contributed by atoms with Crippen LogP contribution in [0.3, 0.4) is 0 Å². The van der Waals surface area contributed by atoms with Crippen LogP contribution in [0.4, 0.5) is 17.1 Å². The molecule has 0 fully saturated rings. The van der Waals surface area contributed by atoms with Gasteiger partial charge in [0.15, 0.2) is 5.75 Å². The van der Waals surface area contributed by atoms with E-state index in [4.69, 9.17) is 4.42 Å². The van der Waals surface area contributed by atoms with Crippen LogP contribution in [-0.4, -0.2) is 30.0 Å². The molecule has 2 heterocycles. The van der Waals surface area contributed by atoms with Crippen LogP contribution < -0.4 is 21.5 Å². The molecule has 2 aromatic heterocycles. The Balaban J connectivity index is 1.86. The number of hydrogen-bond acceptors (Lipinski definition) is 8. The maximum Gasteiger partial charge on any atom is 0.267 e. The standard InChI is InChI=1S/C19H21N3O5S/c1-5-10(12-7-6-9(2)27-12)20-13-14(17(25)16(13)24)21-11-8-28-18(15(11)23)19(26)22(3)4/h6-8,10,20-21,23H,5H2,1-4H3/t10-/m1/s1. The maximum atomic E-state index is 12.1. The number of thiophene rings is 1. The monoisotopic (exact) mass is 403 g/mol. The molecule has 0 aliphatic rings. The molecule has 0 saturated heterocycles. The first-order valence-corrected chi connectivity index (χ1v) is 9.57. The Bertz CT molecular complexity index is 1090. The van der Waals surface area contributed by atoms with Gasteiger partial charge in [0.25, 0.3) is 16.8 Å². The Kier molecular flexibility index (Phi) is 5.28. The van der Waals surface area contributed by atoms with Gasteiger partial charge in [-0.1, -0.05) is 6.92 Å². The van der Waals surface area contributed by atoms with E-state index in [1.54, 1.807) is 14.1 Å². The van der Waals surface area contributed by atoms with Crippen molar-refractivity contribution in [2.45, 2.75) is 26.3 Å². The van der Waals surface area contributed by atoms with Crippen molar-refractivity contribution in [1.82, 2.24) is 4.90 Å². The maximum absolute atomic E-state index is 12.1. The highest BCUT2D eigenvalue weighted by atomic mass is 32.1. The number of hydrogen-bond donors (Lipinski definition) is 3. The molecule has 0 unspecified atom stereocenters. The molecule has 0 saturated carbocycles. The fourth-order valence-corrected chi connectivity index (χ4v) is 3.68. The van der Waals surface area contributed by atoms with Gasteiger partial charge >= 0.3 is 0 Å². The number of amides is 1. The van der Waals surface area contributed by atoms with Crippen LogP contribution in [0.2, 0.25) is 0 Å². The molecule has 28 heavy (non-hydrogen) atoms. The summed E-state index contributed by atoms with van der Waals surface area (Å²) >= 11 is 1.05. The van der Waals surface area contributed by atoms with E-state index in [0.717, 1.165) is 17.1 Å². The molecule has 0 bridgehead atoms. The third kappa shape index (κ3) is 3.40. The van der Waals surface area contributed by atoms with E-state index in [1.165, 1.54) is 10.3 Å². The number of aromatic hydroxyl groups is 1. The van der Waals surface area contributed by atoms with Gasteiger partial charge in [0.05, 0.1) is 11.7 Å². The Morgan fingerprint density at radius 3 is 2.50 bits per heavy atom. The van der Waals surface area contributed by atoms with Crippen LogP contribution in [0.15, 0.2) is 31.5 Å². The number of carbonyl (C=O) groups excluding carboxylic acids is 1. The van der Waals surface area contributed by atoms with E-state index in [0.29, 0.717) is 12.2 Å². The first kappa shape index (κ1) is 19.7. The van der Waals surface area contributed by atoms with Crippen molar-refractivity contribution in [3.63, 3.8) is 0 Å². The molecule has 148 valence electrons. The lowest BCUT2D eigenvalue weighted by Gasteiger charge is -2.20. The van der Waals surface area contributed by atoms with Gasteiger partial charge in [-0.25, -0.2) is 0 Å². The molecule has 0 aliphatic heterocycles. The average Bonchev–Trinajstić information content (AvgIpc) is 3.26. The van der Waals surface area contributed by atoms with E-state index in [2.05, 4.69) is 10.6 Å². The Morgan fingerprint density at radius 2 is 1.93 bits per heavy atom. The summed E-state index contributed by atoms with van der Waals surface area (Å²) in [5.41, 5.74) is -0.921. The molecule has 0 aliphatic carbocycles. The smallest absolute Gasteiger partial charge is 0.267 e. The van der Waals surface area contributed by atoms with Crippen molar-refractivity contribution in [3.05, 3.63) is 54.4 Å². The lowest BCUT2D eigenvalue weighted by molar-refractivity contribution is 0.0829. The second kappa shape index (κ2) is 7.51. The number of anilines is 3. The SMILES string of the molecule is CC[C@@H](Nc1c(Nc2csc(C(=O)N(C)C)c2O)c(=O)c1=O)c1ccc(C)o1. The molecule has 3 aromatic rings. The lowest BCUT2D eigenvalue weighted by atomic mass is 10.1. The summed E-state index contributed by atoms with van der Waals surface area (Å²) in [6.45, 7) is 3.75. The van der Waals surface area contributed by atoms with E-state index >= 15 is 0 Å². The minimum Gasteiger partial charge on any atom is -0.504 e. The van der Waals surface area contributed by atoms with Gasteiger partial charge in [0, 0.05) is 19.5 Å². The minimum atomic E-state index is -0.681. The highest BCUT2D eigenvalue weighted by molar-refractivity contribution is 7.13. The van der Waals surface area contributed by atoms with Crippen molar-refractivity contribution in [3.8, 4) is 5.75 Å². The zero-order valence-corrected chi connectivity index (χ0v) is 16.8. The van der Waals surface area contributed by atoms with Crippen LogP contribution in [0, 0.1) is 6.92 Å². The number of aryl methyl sites for hydroxylation is 1. The second-order valence-corrected chi connectivity index (χ2v) is 7.49. The molecular formula is C19H21N3O5S. The fourth-order valence-electron chi connectivity index (χ4n) is 2.77. The molecule has 8 nitrogen and oxygen atoms in total. The summed E-state index contributed by atoms with van der Waals surface area (Å²) in [5, 5.41) is 17.7. The Labute approximate surface area is 165 Å². The first-order valence-electron chi connectivity index (χ1n) is 8.69. The summed E-state index contributed by atoms with van der Waals surface area (Å²) in [4.78, 5) is 37.7. The van der Waals surface area contributed by atoms with Crippen molar-refractivity contribution in [2.75, 3.05) is 24.7 Å². The van der Waals surface area contributed by atoms with Crippen molar-refractivity contribution in [1.29, 1.82) is 0 Å². The van der Waals surface area contributed by atoms with Crippen LogP contribution in [0.5, 0.6) is 5.75 Å². The van der Waals surface area contributed by atoms with Gasteiger partial charge in [0.2, 0.25) is 0 Å². The molecule has 0 radical (unpaired) electrons. The molecule has 1 atom stereocenters. The Hall–Kier alpha value is -3.07. The largest absolute Gasteiger partial charge is 0.504 e. The van der Waals surface area contributed by atoms with E-state index in [9.17, 15) is 19.5 Å². The highest BCUT2D eigenvalue weighted by Crippen LogP contribution is 2.37. The second-order valence-electron chi connectivity index (χ2n) is 6.61. The van der Waals surface area contributed by atoms with Gasteiger partial charge < -0.3 is 25.1 Å². The van der Waals surface area contributed by atoms with Crippen molar-refractivity contribution >= 4 is 34.3 Å². The third-order valence-corrected chi connectivity index (χ3v) is 5.32. The number of furan rings is 1. The zero-order valence-electron chi connectivity index (χ0n) is 16.0. The predicted molar refractivity (Wildman–Crippen MR) is 109 cm³/mol. The first-order chi connectivity index (χ1) is 13.2.